The van der Waals surface area contributed by atoms with Crippen LogP contribution in [0.25, 0.3) is 0 Å². The molecule has 1 aromatic heterocycles. The Hall–Kier alpha value is -1.34. The highest BCUT2D eigenvalue weighted by molar-refractivity contribution is 7.11. The topological polar surface area (TPSA) is 80.5 Å². The van der Waals surface area contributed by atoms with Crippen LogP contribution in [0.4, 0.5) is 10.8 Å². The molecule has 6 nitrogen and oxygen atoms in total. The van der Waals surface area contributed by atoms with E-state index < -0.39 is 5.97 Å². The van der Waals surface area contributed by atoms with Crippen molar-refractivity contribution >= 4 is 28.3 Å². The second-order valence-corrected chi connectivity index (χ2v) is 5.28. The van der Waals surface area contributed by atoms with Crippen LogP contribution in [0.2, 0.25) is 0 Å². The fourth-order valence-corrected chi connectivity index (χ4v) is 2.95. The van der Waals surface area contributed by atoms with E-state index in [9.17, 15) is 4.79 Å². The molecule has 1 atom stereocenters. The summed E-state index contributed by atoms with van der Waals surface area (Å²) >= 11 is 1.21. The van der Waals surface area contributed by atoms with Gasteiger partial charge in [0, 0.05) is 12.6 Å². The molecule has 2 rings (SSSR count). The number of nitrogens with two attached hydrogens (primary N) is 1. The van der Waals surface area contributed by atoms with Crippen molar-refractivity contribution in [1.29, 1.82) is 0 Å². The normalized spacial score (nSPS) is 20.7. The third kappa shape index (κ3) is 2.73. The second-order valence-electron chi connectivity index (χ2n) is 4.51. The van der Waals surface area contributed by atoms with Crippen LogP contribution >= 0.6 is 11.5 Å². The molecule has 0 aromatic carbocycles. The first-order chi connectivity index (χ1) is 8.61. The predicted molar refractivity (Wildman–Crippen MR) is 72.0 cm³/mol. The van der Waals surface area contributed by atoms with Crippen molar-refractivity contribution < 1.29 is 9.53 Å². The van der Waals surface area contributed by atoms with Crippen LogP contribution in [0.5, 0.6) is 0 Å². The van der Waals surface area contributed by atoms with E-state index in [1.165, 1.54) is 18.6 Å². The molecule has 1 unspecified atom stereocenters. The van der Waals surface area contributed by atoms with Gasteiger partial charge in [-0.3, -0.25) is 0 Å². The summed E-state index contributed by atoms with van der Waals surface area (Å²) in [5.41, 5.74) is 6.06. The molecule has 7 heteroatoms. The summed E-state index contributed by atoms with van der Waals surface area (Å²) < 4.78 is 8.74. The Balaban J connectivity index is 2.11. The molecule has 0 saturated carbocycles. The summed E-state index contributed by atoms with van der Waals surface area (Å²) in [5, 5.41) is 4.06. The lowest BCUT2D eigenvalue weighted by molar-refractivity contribution is 0.0603. The van der Waals surface area contributed by atoms with E-state index in [0.717, 1.165) is 25.9 Å². The van der Waals surface area contributed by atoms with E-state index in [2.05, 4.69) is 21.6 Å². The highest BCUT2D eigenvalue weighted by Gasteiger charge is 2.24. The number of ether oxygens (including phenoxy) is 1. The molecule has 3 N–H and O–H groups in total. The van der Waals surface area contributed by atoms with Gasteiger partial charge in [0.05, 0.1) is 7.11 Å². The third-order valence-electron chi connectivity index (χ3n) is 3.07. The van der Waals surface area contributed by atoms with E-state index in [0.29, 0.717) is 16.6 Å². The third-order valence-corrected chi connectivity index (χ3v) is 3.86. The standard InChI is InChI=1S/C11H18N4O2S/c1-15-5-3-4-7(6-15)13-10-8(11(16)17-2)9(12)14-18-10/h7,13H,3-6H2,1-2H3,(H2,12,14). The average Bonchev–Trinajstić information content (AvgIpc) is 2.70. The largest absolute Gasteiger partial charge is 0.465 e. The number of anilines is 2. The van der Waals surface area contributed by atoms with Gasteiger partial charge in [-0.25, -0.2) is 4.79 Å². The molecular formula is C11H18N4O2S. The predicted octanol–water partition coefficient (Wildman–Crippen LogP) is 1.02. The van der Waals surface area contributed by atoms with E-state index in [4.69, 9.17) is 10.5 Å². The van der Waals surface area contributed by atoms with E-state index in [1.54, 1.807) is 0 Å². The van der Waals surface area contributed by atoms with E-state index >= 15 is 0 Å². The molecule has 2 heterocycles. The molecular weight excluding hydrogens is 252 g/mol. The van der Waals surface area contributed by atoms with Gasteiger partial charge in [0.25, 0.3) is 0 Å². The SMILES string of the molecule is COC(=O)c1c(N)nsc1NC1CCCN(C)C1. The number of methoxy groups -OCH3 is 1. The first-order valence-corrected chi connectivity index (χ1v) is 6.67. The number of likely N-dealkylation sites (N-methyl/N-ethyl adjacent to an activating group) is 1. The summed E-state index contributed by atoms with van der Waals surface area (Å²) in [6, 6.07) is 0.326. The summed E-state index contributed by atoms with van der Waals surface area (Å²) in [5.74, 6) is -0.202. The molecule has 0 bridgehead atoms. The number of carbonyl (C=O) groups is 1. The number of rotatable bonds is 3. The average molecular weight is 270 g/mol. The van der Waals surface area contributed by atoms with Gasteiger partial charge in [-0.05, 0) is 38.0 Å². The number of esters is 1. The zero-order valence-corrected chi connectivity index (χ0v) is 11.4. The van der Waals surface area contributed by atoms with Crippen molar-refractivity contribution in [2.45, 2.75) is 18.9 Å². The van der Waals surface area contributed by atoms with E-state index in [1.807, 2.05) is 0 Å². The minimum atomic E-state index is -0.437. The lowest BCUT2D eigenvalue weighted by Gasteiger charge is -2.30. The minimum Gasteiger partial charge on any atom is -0.465 e. The molecule has 0 amide bonds. The maximum atomic E-state index is 11.6. The van der Waals surface area contributed by atoms with Gasteiger partial charge in [-0.2, -0.15) is 4.37 Å². The maximum absolute atomic E-state index is 11.6. The fraction of sp³-hybridized carbons (Fsp3) is 0.636. The first-order valence-electron chi connectivity index (χ1n) is 5.90. The smallest absolute Gasteiger partial charge is 0.344 e. The summed E-state index contributed by atoms with van der Waals surface area (Å²) in [6.07, 6.45) is 2.23. The lowest BCUT2D eigenvalue weighted by Crippen LogP contribution is -2.39. The van der Waals surface area contributed by atoms with Gasteiger partial charge in [0.2, 0.25) is 0 Å². The van der Waals surface area contributed by atoms with Crippen LogP contribution in [-0.4, -0.2) is 48.5 Å². The monoisotopic (exact) mass is 270 g/mol. The zero-order valence-electron chi connectivity index (χ0n) is 10.6. The Kier molecular flexibility index (Phi) is 4.03. The first kappa shape index (κ1) is 13.1. The highest BCUT2D eigenvalue weighted by atomic mass is 32.1. The molecule has 0 spiro atoms. The van der Waals surface area contributed by atoms with Crippen LogP contribution < -0.4 is 11.1 Å². The Labute approximate surface area is 110 Å². The van der Waals surface area contributed by atoms with Gasteiger partial charge >= 0.3 is 5.97 Å². The Morgan fingerprint density at radius 1 is 1.67 bits per heavy atom. The number of hydrogen-bond acceptors (Lipinski definition) is 7. The van der Waals surface area contributed by atoms with Crippen molar-refractivity contribution in [1.82, 2.24) is 9.27 Å². The van der Waals surface area contributed by atoms with E-state index in [-0.39, 0.29) is 5.82 Å². The Morgan fingerprint density at radius 3 is 3.11 bits per heavy atom. The summed E-state index contributed by atoms with van der Waals surface area (Å²) in [4.78, 5) is 13.9. The molecule has 1 aliphatic rings. The van der Waals surface area contributed by atoms with Crippen molar-refractivity contribution in [3.63, 3.8) is 0 Å². The van der Waals surface area contributed by atoms with Crippen LogP contribution in [0.3, 0.4) is 0 Å². The van der Waals surface area contributed by atoms with Crippen molar-refractivity contribution in [3.8, 4) is 0 Å². The Bertz CT molecular complexity index is 435. The van der Waals surface area contributed by atoms with Crippen LogP contribution in [-0.2, 0) is 4.74 Å². The molecule has 1 aromatic rings. The zero-order chi connectivity index (χ0) is 13.1. The number of carbonyl (C=O) groups excluding carboxylic acids is 1. The van der Waals surface area contributed by atoms with Gasteiger partial charge in [-0.1, -0.05) is 0 Å². The van der Waals surface area contributed by atoms with Gasteiger partial charge in [-0.15, -0.1) is 0 Å². The quantitative estimate of drug-likeness (QED) is 0.798. The number of likely N-dealkylation sites (tertiary alicyclic amines) is 1. The molecule has 1 saturated heterocycles. The molecule has 0 radical (unpaired) electrons. The van der Waals surface area contributed by atoms with Crippen molar-refractivity contribution in [3.05, 3.63) is 5.56 Å². The minimum absolute atomic E-state index is 0.235. The van der Waals surface area contributed by atoms with Crippen molar-refractivity contribution in [2.24, 2.45) is 0 Å². The number of nitrogens with one attached hydrogen (secondary N) is 1. The number of hydrogen-bond donors (Lipinski definition) is 2. The van der Waals surface area contributed by atoms with Crippen LogP contribution in [0, 0.1) is 0 Å². The number of nitrogen functional groups attached to an aromatic ring is 1. The molecule has 1 aliphatic heterocycles. The van der Waals surface area contributed by atoms with Crippen molar-refractivity contribution in [2.75, 3.05) is 38.3 Å². The van der Waals surface area contributed by atoms with Crippen LogP contribution in [0.1, 0.15) is 23.2 Å². The molecule has 0 aliphatic carbocycles. The van der Waals surface area contributed by atoms with Gasteiger partial charge < -0.3 is 20.7 Å². The fourth-order valence-electron chi connectivity index (χ4n) is 2.17. The summed E-state index contributed by atoms with van der Waals surface area (Å²) in [6.45, 7) is 2.07. The number of nitrogens with zero attached hydrogens (tertiary/aromatic N) is 2. The maximum Gasteiger partial charge on any atom is 0.344 e. The highest BCUT2D eigenvalue weighted by Crippen LogP contribution is 2.29. The molecule has 18 heavy (non-hydrogen) atoms. The molecule has 1 fully saturated rings. The van der Waals surface area contributed by atoms with Gasteiger partial charge in [0.1, 0.15) is 10.6 Å². The number of aromatic nitrogens is 1. The molecule has 100 valence electrons. The number of piperidine rings is 1. The van der Waals surface area contributed by atoms with Crippen LogP contribution in [0.15, 0.2) is 0 Å². The lowest BCUT2D eigenvalue weighted by atomic mass is 10.1. The second kappa shape index (κ2) is 5.53. The summed E-state index contributed by atoms with van der Waals surface area (Å²) in [7, 11) is 3.44. The van der Waals surface area contributed by atoms with Gasteiger partial charge in [0.15, 0.2) is 5.82 Å². The Morgan fingerprint density at radius 2 is 2.44 bits per heavy atom.